The van der Waals surface area contributed by atoms with Crippen molar-refractivity contribution >= 4 is 11.6 Å². The van der Waals surface area contributed by atoms with E-state index in [1.807, 2.05) is 13.8 Å². The Morgan fingerprint density at radius 1 is 1.44 bits per heavy atom. The maximum atomic E-state index is 5.07. The monoisotopic (exact) mass is 248 g/mol. The standard InChI is InChI=1S/C13H18N2O.C2H6/c1-3-4-6-12-10-16-14-13(12)11-7-5-8-15(2)9-11;1-2/h4,6-7,10H,3,5,8-9H2,1-2H3;1-2H3/b6-4+;. The Morgan fingerprint density at radius 3 is 2.89 bits per heavy atom. The van der Waals surface area contributed by atoms with Gasteiger partial charge in [-0.05, 0) is 25.5 Å². The first-order valence-corrected chi connectivity index (χ1v) is 6.80. The van der Waals surface area contributed by atoms with Crippen LogP contribution in [0.2, 0.25) is 0 Å². The highest BCUT2D eigenvalue weighted by atomic mass is 16.5. The van der Waals surface area contributed by atoms with Gasteiger partial charge in [0.2, 0.25) is 0 Å². The molecule has 1 aliphatic heterocycles. The van der Waals surface area contributed by atoms with Gasteiger partial charge in [0.15, 0.2) is 0 Å². The van der Waals surface area contributed by atoms with Crippen molar-refractivity contribution in [3.8, 4) is 0 Å². The van der Waals surface area contributed by atoms with Crippen molar-refractivity contribution in [3.63, 3.8) is 0 Å². The Balaban J connectivity index is 0.000000771. The Hall–Kier alpha value is -1.35. The highest BCUT2D eigenvalue weighted by Gasteiger charge is 2.15. The van der Waals surface area contributed by atoms with E-state index in [1.54, 1.807) is 6.26 Å². The van der Waals surface area contributed by atoms with Gasteiger partial charge in [-0.2, -0.15) is 0 Å². The van der Waals surface area contributed by atoms with Gasteiger partial charge in [-0.1, -0.05) is 44.2 Å². The van der Waals surface area contributed by atoms with Crippen LogP contribution in [0.5, 0.6) is 0 Å². The molecule has 0 atom stereocenters. The molecule has 0 aliphatic carbocycles. The van der Waals surface area contributed by atoms with Crippen LogP contribution in [-0.4, -0.2) is 30.2 Å². The van der Waals surface area contributed by atoms with Crippen LogP contribution in [0.1, 0.15) is 44.9 Å². The molecule has 1 aromatic rings. The molecule has 0 radical (unpaired) electrons. The van der Waals surface area contributed by atoms with Gasteiger partial charge in [0.25, 0.3) is 0 Å². The summed E-state index contributed by atoms with van der Waals surface area (Å²) in [6.07, 6.45) is 10.3. The fraction of sp³-hybridized carbons (Fsp3) is 0.533. The molecule has 0 fully saturated rings. The molecule has 18 heavy (non-hydrogen) atoms. The smallest absolute Gasteiger partial charge is 0.131 e. The van der Waals surface area contributed by atoms with Crippen LogP contribution in [0, 0.1) is 0 Å². The number of hydrogen-bond donors (Lipinski definition) is 0. The maximum Gasteiger partial charge on any atom is 0.131 e. The molecule has 0 spiro atoms. The second-order valence-electron chi connectivity index (χ2n) is 4.18. The number of nitrogens with zero attached hydrogens (tertiary/aromatic N) is 2. The van der Waals surface area contributed by atoms with Crippen LogP contribution < -0.4 is 0 Å². The van der Waals surface area contributed by atoms with E-state index in [1.165, 1.54) is 5.57 Å². The summed E-state index contributed by atoms with van der Waals surface area (Å²) in [6.45, 7) is 8.21. The topological polar surface area (TPSA) is 29.3 Å². The first-order valence-electron chi connectivity index (χ1n) is 6.80. The zero-order chi connectivity index (χ0) is 13.4. The third kappa shape index (κ3) is 3.84. The van der Waals surface area contributed by atoms with Gasteiger partial charge in [-0.15, -0.1) is 0 Å². The summed E-state index contributed by atoms with van der Waals surface area (Å²) in [5, 5.41) is 4.11. The summed E-state index contributed by atoms with van der Waals surface area (Å²) in [7, 11) is 2.13. The molecule has 0 N–H and O–H groups in total. The lowest BCUT2D eigenvalue weighted by molar-refractivity contribution is 0.369. The summed E-state index contributed by atoms with van der Waals surface area (Å²) >= 11 is 0. The fourth-order valence-corrected chi connectivity index (χ4v) is 1.92. The summed E-state index contributed by atoms with van der Waals surface area (Å²) in [5.41, 5.74) is 3.36. The first-order chi connectivity index (χ1) is 8.81. The lowest BCUT2D eigenvalue weighted by Crippen LogP contribution is -2.25. The third-order valence-electron chi connectivity index (χ3n) is 2.78. The van der Waals surface area contributed by atoms with Crippen molar-refractivity contribution < 1.29 is 4.52 Å². The van der Waals surface area contributed by atoms with Crippen LogP contribution in [0.25, 0.3) is 11.6 Å². The van der Waals surface area contributed by atoms with E-state index in [0.717, 1.165) is 37.2 Å². The number of hydrogen-bond acceptors (Lipinski definition) is 3. The van der Waals surface area contributed by atoms with Crippen molar-refractivity contribution in [1.82, 2.24) is 10.1 Å². The first kappa shape index (κ1) is 14.7. The zero-order valence-electron chi connectivity index (χ0n) is 11.9. The van der Waals surface area contributed by atoms with Gasteiger partial charge in [-0.25, -0.2) is 0 Å². The Morgan fingerprint density at radius 2 is 2.22 bits per heavy atom. The quantitative estimate of drug-likeness (QED) is 0.813. The van der Waals surface area contributed by atoms with Crippen LogP contribution in [-0.2, 0) is 0 Å². The van der Waals surface area contributed by atoms with Crippen molar-refractivity contribution in [2.24, 2.45) is 0 Å². The largest absolute Gasteiger partial charge is 0.363 e. The van der Waals surface area contributed by atoms with E-state index in [4.69, 9.17) is 4.52 Å². The van der Waals surface area contributed by atoms with Crippen LogP contribution >= 0.6 is 0 Å². The minimum atomic E-state index is 0.958. The van der Waals surface area contributed by atoms with E-state index in [9.17, 15) is 0 Å². The van der Waals surface area contributed by atoms with E-state index >= 15 is 0 Å². The van der Waals surface area contributed by atoms with Crippen molar-refractivity contribution in [2.75, 3.05) is 20.1 Å². The molecule has 1 aliphatic rings. The fourth-order valence-electron chi connectivity index (χ4n) is 1.92. The lowest BCUT2D eigenvalue weighted by atomic mass is 10.0. The second kappa shape index (κ2) is 7.88. The summed E-state index contributed by atoms with van der Waals surface area (Å²) < 4.78 is 5.07. The molecule has 2 heterocycles. The van der Waals surface area contributed by atoms with Gasteiger partial charge in [0, 0.05) is 18.7 Å². The highest BCUT2D eigenvalue weighted by Crippen LogP contribution is 2.23. The van der Waals surface area contributed by atoms with Gasteiger partial charge in [0.05, 0.1) is 0 Å². The van der Waals surface area contributed by atoms with Gasteiger partial charge in [-0.3, -0.25) is 0 Å². The van der Waals surface area contributed by atoms with E-state index in [0.29, 0.717) is 0 Å². The third-order valence-corrected chi connectivity index (χ3v) is 2.78. The maximum absolute atomic E-state index is 5.07. The van der Waals surface area contributed by atoms with Crippen LogP contribution in [0.3, 0.4) is 0 Å². The molecular weight excluding hydrogens is 224 g/mol. The molecule has 3 nitrogen and oxygen atoms in total. The number of rotatable bonds is 3. The SMILES string of the molecule is CC.CC/C=C/c1conc1C1=CCCN(C)C1. The number of allylic oxidation sites excluding steroid dienone is 1. The number of likely N-dealkylation sites (N-methyl/N-ethyl adjacent to an activating group) is 1. The molecule has 1 aromatic heterocycles. The normalized spacial score (nSPS) is 16.3. The Labute approximate surface area is 110 Å². The molecule has 3 heteroatoms. The van der Waals surface area contributed by atoms with Crippen LogP contribution in [0.15, 0.2) is 22.9 Å². The minimum absolute atomic E-state index is 0.958. The van der Waals surface area contributed by atoms with E-state index in [-0.39, 0.29) is 0 Å². The molecule has 0 saturated heterocycles. The van der Waals surface area contributed by atoms with E-state index < -0.39 is 0 Å². The molecule has 0 saturated carbocycles. The average molecular weight is 248 g/mol. The molecule has 2 rings (SSSR count). The lowest BCUT2D eigenvalue weighted by Gasteiger charge is -2.21. The van der Waals surface area contributed by atoms with Gasteiger partial charge >= 0.3 is 0 Å². The molecular formula is C15H24N2O. The van der Waals surface area contributed by atoms with E-state index in [2.05, 4.69) is 42.3 Å². The molecule has 0 aromatic carbocycles. The Kier molecular flexibility index (Phi) is 6.44. The predicted molar refractivity (Wildman–Crippen MR) is 77.3 cm³/mol. The van der Waals surface area contributed by atoms with Gasteiger partial charge < -0.3 is 9.42 Å². The average Bonchev–Trinajstić information content (AvgIpc) is 2.87. The summed E-state index contributed by atoms with van der Waals surface area (Å²) in [6, 6.07) is 0. The van der Waals surface area contributed by atoms with Crippen molar-refractivity contribution in [2.45, 2.75) is 33.6 Å². The van der Waals surface area contributed by atoms with Crippen LogP contribution in [0.4, 0.5) is 0 Å². The molecule has 0 unspecified atom stereocenters. The minimum Gasteiger partial charge on any atom is -0.363 e. The highest BCUT2D eigenvalue weighted by molar-refractivity contribution is 5.72. The second-order valence-corrected chi connectivity index (χ2v) is 4.18. The summed E-state index contributed by atoms with van der Waals surface area (Å²) in [4.78, 5) is 2.30. The molecule has 0 amide bonds. The van der Waals surface area contributed by atoms with Crippen molar-refractivity contribution in [3.05, 3.63) is 29.7 Å². The Bertz CT molecular complexity index is 404. The zero-order valence-corrected chi connectivity index (χ0v) is 11.9. The predicted octanol–water partition coefficient (Wildman–Crippen LogP) is 3.84. The van der Waals surface area contributed by atoms with Gasteiger partial charge in [0.1, 0.15) is 12.0 Å². The summed E-state index contributed by atoms with van der Waals surface area (Å²) in [5.74, 6) is 0. The molecule has 100 valence electrons. The number of aromatic nitrogens is 1. The molecule has 0 bridgehead atoms. The van der Waals surface area contributed by atoms with Crippen molar-refractivity contribution in [1.29, 1.82) is 0 Å².